The number of allylic oxidation sites excluding steroid dienone is 1. The molecule has 2 saturated heterocycles. The second-order valence-corrected chi connectivity index (χ2v) is 6.63. The number of piperidine rings is 1. The van der Waals surface area contributed by atoms with Gasteiger partial charge in [-0.3, -0.25) is 9.69 Å². The third-order valence-corrected chi connectivity index (χ3v) is 5.17. The summed E-state index contributed by atoms with van der Waals surface area (Å²) in [5.41, 5.74) is 0. The van der Waals surface area contributed by atoms with E-state index in [1.165, 1.54) is 19.3 Å². The second-order valence-electron chi connectivity index (χ2n) is 6.63. The molecule has 2 aliphatic heterocycles. The van der Waals surface area contributed by atoms with Gasteiger partial charge in [0.15, 0.2) is 0 Å². The van der Waals surface area contributed by atoms with E-state index >= 15 is 0 Å². The summed E-state index contributed by atoms with van der Waals surface area (Å²) in [6, 6.07) is 1.02. The normalized spacial score (nSPS) is 29.4. The van der Waals surface area contributed by atoms with Gasteiger partial charge in [0.2, 0.25) is 5.91 Å². The van der Waals surface area contributed by atoms with Crippen LogP contribution in [0.5, 0.6) is 0 Å². The molecule has 2 fully saturated rings. The van der Waals surface area contributed by atoms with E-state index in [1.807, 2.05) is 0 Å². The minimum atomic E-state index is 0.179. The fraction of sp³-hybridized carbons (Fsp3) is 0.824. The Labute approximate surface area is 127 Å². The standard InChI is InChI=1S/C17H28N2O2/c20-17(14-8-12-21-13-9-14)18-15-6-10-19(11-7-15)16-4-2-1-3-5-16/h2,4,14-16H,1,3,5-13H2,(H,18,20)/t16-/m0/s1. The third kappa shape index (κ3) is 4.07. The van der Waals surface area contributed by atoms with E-state index in [4.69, 9.17) is 4.74 Å². The van der Waals surface area contributed by atoms with Gasteiger partial charge in [0.05, 0.1) is 0 Å². The van der Waals surface area contributed by atoms with Crippen molar-refractivity contribution < 1.29 is 9.53 Å². The van der Waals surface area contributed by atoms with Crippen molar-refractivity contribution in [3.05, 3.63) is 12.2 Å². The summed E-state index contributed by atoms with van der Waals surface area (Å²) in [5.74, 6) is 0.437. The summed E-state index contributed by atoms with van der Waals surface area (Å²) in [4.78, 5) is 14.8. The monoisotopic (exact) mass is 292 g/mol. The van der Waals surface area contributed by atoms with Crippen LogP contribution < -0.4 is 5.32 Å². The van der Waals surface area contributed by atoms with E-state index in [0.29, 0.717) is 12.1 Å². The van der Waals surface area contributed by atoms with Crippen LogP contribution in [0.2, 0.25) is 0 Å². The van der Waals surface area contributed by atoms with Crippen molar-refractivity contribution in [2.75, 3.05) is 26.3 Å². The maximum absolute atomic E-state index is 12.3. The highest BCUT2D eigenvalue weighted by Gasteiger charge is 2.28. The molecule has 0 aromatic heterocycles. The lowest BCUT2D eigenvalue weighted by molar-refractivity contribution is -0.128. The van der Waals surface area contributed by atoms with Gasteiger partial charge < -0.3 is 10.1 Å². The van der Waals surface area contributed by atoms with Gasteiger partial charge in [-0.15, -0.1) is 0 Å². The zero-order valence-electron chi connectivity index (χ0n) is 12.9. The summed E-state index contributed by atoms with van der Waals surface area (Å²) in [6.07, 6.45) is 12.5. The van der Waals surface area contributed by atoms with E-state index in [-0.39, 0.29) is 11.8 Å². The number of ether oxygens (including phenoxy) is 1. The first-order valence-corrected chi connectivity index (χ1v) is 8.62. The van der Waals surface area contributed by atoms with Crippen LogP contribution in [0.15, 0.2) is 12.2 Å². The SMILES string of the molecule is O=C(NC1CCN([C@H]2C=CCCC2)CC1)C1CCOCC1. The number of rotatable bonds is 3. The molecule has 1 N–H and O–H groups in total. The fourth-order valence-electron chi connectivity index (χ4n) is 3.75. The quantitative estimate of drug-likeness (QED) is 0.810. The fourth-order valence-corrected chi connectivity index (χ4v) is 3.75. The highest BCUT2D eigenvalue weighted by atomic mass is 16.5. The Balaban J connectivity index is 1.41. The molecule has 3 aliphatic rings. The van der Waals surface area contributed by atoms with Crippen LogP contribution in [0.25, 0.3) is 0 Å². The van der Waals surface area contributed by atoms with Gasteiger partial charge in [-0.05, 0) is 44.9 Å². The number of carbonyl (C=O) groups is 1. The molecule has 21 heavy (non-hydrogen) atoms. The van der Waals surface area contributed by atoms with E-state index in [9.17, 15) is 4.79 Å². The molecule has 1 atom stereocenters. The van der Waals surface area contributed by atoms with Gasteiger partial charge >= 0.3 is 0 Å². The van der Waals surface area contributed by atoms with Crippen molar-refractivity contribution in [1.82, 2.24) is 10.2 Å². The van der Waals surface area contributed by atoms with Crippen LogP contribution in [0, 0.1) is 5.92 Å². The summed E-state index contributed by atoms with van der Waals surface area (Å²) in [6.45, 7) is 3.72. The van der Waals surface area contributed by atoms with Gasteiger partial charge in [0.25, 0.3) is 0 Å². The van der Waals surface area contributed by atoms with Crippen molar-refractivity contribution in [1.29, 1.82) is 0 Å². The molecule has 1 aliphatic carbocycles. The van der Waals surface area contributed by atoms with E-state index in [2.05, 4.69) is 22.4 Å². The Kier molecular flexibility index (Phi) is 5.31. The van der Waals surface area contributed by atoms with Crippen LogP contribution in [-0.4, -0.2) is 49.2 Å². The molecule has 0 bridgehead atoms. The second kappa shape index (κ2) is 7.41. The number of nitrogens with zero attached hydrogens (tertiary/aromatic N) is 1. The molecule has 4 heteroatoms. The van der Waals surface area contributed by atoms with Crippen molar-refractivity contribution in [2.24, 2.45) is 5.92 Å². The third-order valence-electron chi connectivity index (χ3n) is 5.17. The van der Waals surface area contributed by atoms with Gasteiger partial charge in [-0.2, -0.15) is 0 Å². The lowest BCUT2D eigenvalue weighted by Gasteiger charge is -2.38. The van der Waals surface area contributed by atoms with Gasteiger partial charge in [0, 0.05) is 44.3 Å². The minimum absolute atomic E-state index is 0.179. The summed E-state index contributed by atoms with van der Waals surface area (Å²) >= 11 is 0. The maximum Gasteiger partial charge on any atom is 0.223 e. The predicted molar refractivity (Wildman–Crippen MR) is 83.1 cm³/mol. The van der Waals surface area contributed by atoms with Crippen molar-refractivity contribution in [2.45, 2.75) is 57.0 Å². The molecule has 0 spiro atoms. The molecule has 118 valence electrons. The molecule has 2 heterocycles. The molecule has 1 amide bonds. The highest BCUT2D eigenvalue weighted by Crippen LogP contribution is 2.22. The van der Waals surface area contributed by atoms with Crippen LogP contribution in [0.1, 0.15) is 44.9 Å². The first-order valence-electron chi connectivity index (χ1n) is 8.62. The number of hydrogen-bond donors (Lipinski definition) is 1. The predicted octanol–water partition coefficient (Wildman–Crippen LogP) is 2.10. The molecular weight excluding hydrogens is 264 g/mol. The molecule has 3 rings (SSSR count). The van der Waals surface area contributed by atoms with E-state index in [1.54, 1.807) is 0 Å². The number of nitrogens with one attached hydrogen (secondary N) is 1. The molecule has 0 unspecified atom stereocenters. The lowest BCUT2D eigenvalue weighted by Crippen LogP contribution is -2.49. The van der Waals surface area contributed by atoms with Crippen LogP contribution in [-0.2, 0) is 9.53 Å². The summed E-state index contributed by atoms with van der Waals surface area (Å²) in [5, 5.41) is 3.27. The number of carbonyl (C=O) groups excluding carboxylic acids is 1. The molecule has 0 aromatic carbocycles. The average molecular weight is 292 g/mol. The van der Waals surface area contributed by atoms with Crippen molar-refractivity contribution in [3.63, 3.8) is 0 Å². The smallest absolute Gasteiger partial charge is 0.223 e. The van der Waals surface area contributed by atoms with Gasteiger partial charge in [-0.1, -0.05) is 12.2 Å². The Morgan fingerprint density at radius 2 is 1.86 bits per heavy atom. The van der Waals surface area contributed by atoms with Crippen LogP contribution in [0.4, 0.5) is 0 Å². The Morgan fingerprint density at radius 1 is 1.10 bits per heavy atom. The van der Waals surface area contributed by atoms with Gasteiger partial charge in [-0.25, -0.2) is 0 Å². The zero-order chi connectivity index (χ0) is 14.5. The lowest BCUT2D eigenvalue weighted by atomic mass is 9.95. The largest absolute Gasteiger partial charge is 0.381 e. The van der Waals surface area contributed by atoms with E-state index < -0.39 is 0 Å². The Hall–Kier alpha value is -0.870. The number of hydrogen-bond acceptors (Lipinski definition) is 3. The minimum Gasteiger partial charge on any atom is -0.381 e. The summed E-state index contributed by atoms with van der Waals surface area (Å²) in [7, 11) is 0. The van der Waals surface area contributed by atoms with Crippen molar-refractivity contribution in [3.8, 4) is 0 Å². The molecule has 0 aromatic rings. The molecular formula is C17H28N2O2. The van der Waals surface area contributed by atoms with Gasteiger partial charge in [0.1, 0.15) is 0 Å². The molecule has 0 saturated carbocycles. The first kappa shape index (κ1) is 15.0. The number of amides is 1. The van der Waals surface area contributed by atoms with Crippen molar-refractivity contribution >= 4 is 5.91 Å². The topological polar surface area (TPSA) is 41.6 Å². The van der Waals surface area contributed by atoms with Crippen LogP contribution in [0.3, 0.4) is 0 Å². The highest BCUT2D eigenvalue weighted by molar-refractivity contribution is 5.79. The Morgan fingerprint density at radius 3 is 2.52 bits per heavy atom. The van der Waals surface area contributed by atoms with Crippen LogP contribution >= 0.6 is 0 Å². The van der Waals surface area contributed by atoms with E-state index in [0.717, 1.165) is 52.0 Å². The number of likely N-dealkylation sites (tertiary alicyclic amines) is 1. The molecule has 4 nitrogen and oxygen atoms in total. The zero-order valence-corrected chi connectivity index (χ0v) is 12.9. The summed E-state index contributed by atoms with van der Waals surface area (Å²) < 4.78 is 5.33. The average Bonchev–Trinajstić information content (AvgIpc) is 2.57. The molecule has 0 radical (unpaired) electrons. The maximum atomic E-state index is 12.3. The Bertz CT molecular complexity index is 369. The first-order chi connectivity index (χ1) is 10.3.